The van der Waals surface area contributed by atoms with E-state index in [9.17, 15) is 4.79 Å². The number of methoxy groups -OCH3 is 2. The van der Waals surface area contributed by atoms with Crippen molar-refractivity contribution in [3.63, 3.8) is 0 Å². The number of pyridine rings is 1. The van der Waals surface area contributed by atoms with Gasteiger partial charge in [-0.25, -0.2) is 0 Å². The molecule has 0 fully saturated rings. The fraction of sp³-hybridized carbons (Fsp3) is 0.250. The van der Waals surface area contributed by atoms with Gasteiger partial charge in [0, 0.05) is 11.9 Å². The molecule has 4 heteroatoms. The van der Waals surface area contributed by atoms with Crippen molar-refractivity contribution in [3.05, 3.63) is 65.6 Å². The molecule has 0 unspecified atom stereocenters. The summed E-state index contributed by atoms with van der Waals surface area (Å²) < 4.78 is 12.1. The molecule has 0 spiro atoms. The van der Waals surface area contributed by atoms with E-state index in [2.05, 4.69) is 13.2 Å². The van der Waals surface area contributed by atoms with E-state index in [1.807, 2.05) is 26.8 Å². The van der Waals surface area contributed by atoms with E-state index in [0.717, 1.165) is 10.9 Å². The second-order valence-electron chi connectivity index (χ2n) is 4.77. The highest BCUT2D eigenvalue weighted by atomic mass is 16.5. The molecule has 0 radical (unpaired) electrons. The molecule has 0 atom stereocenters. The number of hydrogen-bond acceptors (Lipinski definition) is 3. The van der Waals surface area contributed by atoms with Crippen LogP contribution in [0.5, 0.6) is 11.5 Å². The van der Waals surface area contributed by atoms with Gasteiger partial charge in [-0.15, -0.1) is 0 Å². The first-order chi connectivity index (χ1) is 11.6. The number of allylic oxidation sites excluding steroid dienone is 4. The molecule has 1 aromatic heterocycles. The minimum Gasteiger partial charge on any atom is -0.493 e. The first-order valence-corrected chi connectivity index (χ1v) is 7.80. The predicted molar refractivity (Wildman–Crippen MR) is 102 cm³/mol. The number of fused-ring (bicyclic) bond motifs is 1. The number of benzene rings is 1. The maximum absolute atomic E-state index is 12.8. The number of ether oxygens (including phenoxy) is 2. The molecular formula is C20H25NO3. The molecule has 0 saturated heterocycles. The van der Waals surface area contributed by atoms with Crippen LogP contribution in [0.1, 0.15) is 19.4 Å². The van der Waals surface area contributed by atoms with Crippen LogP contribution in [0.25, 0.3) is 16.5 Å². The Kier molecular flexibility index (Phi) is 7.05. The van der Waals surface area contributed by atoms with Crippen LogP contribution in [0.4, 0.5) is 0 Å². The van der Waals surface area contributed by atoms with Crippen molar-refractivity contribution in [1.29, 1.82) is 0 Å². The van der Waals surface area contributed by atoms with Gasteiger partial charge in [-0.3, -0.25) is 9.36 Å². The summed E-state index contributed by atoms with van der Waals surface area (Å²) in [7, 11) is 3.12. The summed E-state index contributed by atoms with van der Waals surface area (Å²) in [4.78, 5) is 12.8. The SMILES string of the molecule is C=C/C=C(\C=C)n1cc(C)c2cc(OC)c(OC)cc2c1=O.CC. The maximum Gasteiger partial charge on any atom is 0.263 e. The third-order valence-electron chi connectivity index (χ3n) is 3.50. The molecule has 0 amide bonds. The maximum atomic E-state index is 12.8. The molecule has 128 valence electrons. The summed E-state index contributed by atoms with van der Waals surface area (Å²) in [6, 6.07) is 3.52. The molecule has 4 nitrogen and oxygen atoms in total. The van der Waals surface area contributed by atoms with E-state index in [1.54, 1.807) is 49.3 Å². The normalized spacial score (nSPS) is 10.6. The summed E-state index contributed by atoms with van der Waals surface area (Å²) >= 11 is 0. The highest BCUT2D eigenvalue weighted by Crippen LogP contribution is 2.32. The first kappa shape index (κ1) is 19.3. The summed E-state index contributed by atoms with van der Waals surface area (Å²) in [5.74, 6) is 1.12. The van der Waals surface area contributed by atoms with Crippen LogP contribution >= 0.6 is 0 Å². The molecule has 0 aliphatic rings. The smallest absolute Gasteiger partial charge is 0.263 e. The van der Waals surface area contributed by atoms with E-state index < -0.39 is 0 Å². The fourth-order valence-electron chi connectivity index (χ4n) is 2.39. The Bertz CT molecular complexity index is 829. The van der Waals surface area contributed by atoms with Crippen LogP contribution < -0.4 is 15.0 Å². The van der Waals surface area contributed by atoms with Crippen LogP contribution in [-0.4, -0.2) is 18.8 Å². The number of aromatic nitrogens is 1. The average molecular weight is 327 g/mol. The van der Waals surface area contributed by atoms with Gasteiger partial charge in [0.15, 0.2) is 11.5 Å². The zero-order valence-corrected chi connectivity index (χ0v) is 15.1. The van der Waals surface area contributed by atoms with Gasteiger partial charge in [-0.1, -0.05) is 33.1 Å². The minimum atomic E-state index is -0.144. The second kappa shape index (κ2) is 8.77. The quantitative estimate of drug-likeness (QED) is 0.756. The molecular weight excluding hydrogens is 302 g/mol. The summed E-state index contributed by atoms with van der Waals surface area (Å²) in [5, 5.41) is 1.40. The monoisotopic (exact) mass is 327 g/mol. The molecule has 2 aromatic rings. The number of hydrogen-bond donors (Lipinski definition) is 0. The van der Waals surface area contributed by atoms with Crippen molar-refractivity contribution in [1.82, 2.24) is 4.57 Å². The Balaban J connectivity index is 0.00000139. The summed E-state index contributed by atoms with van der Waals surface area (Å²) in [5.41, 5.74) is 1.47. The lowest BCUT2D eigenvalue weighted by atomic mass is 10.1. The van der Waals surface area contributed by atoms with Crippen molar-refractivity contribution in [2.75, 3.05) is 14.2 Å². The largest absolute Gasteiger partial charge is 0.493 e. The third-order valence-corrected chi connectivity index (χ3v) is 3.50. The van der Waals surface area contributed by atoms with E-state index in [-0.39, 0.29) is 5.56 Å². The van der Waals surface area contributed by atoms with Crippen LogP contribution in [0.15, 0.2) is 54.5 Å². The van der Waals surface area contributed by atoms with Gasteiger partial charge in [-0.05, 0) is 42.2 Å². The molecule has 0 aliphatic heterocycles. The lowest BCUT2D eigenvalue weighted by Crippen LogP contribution is -2.19. The Morgan fingerprint density at radius 3 is 2.08 bits per heavy atom. The Morgan fingerprint density at radius 1 is 1.08 bits per heavy atom. The van der Waals surface area contributed by atoms with E-state index in [0.29, 0.717) is 22.6 Å². The van der Waals surface area contributed by atoms with Crippen molar-refractivity contribution < 1.29 is 9.47 Å². The zero-order valence-electron chi connectivity index (χ0n) is 15.1. The molecule has 1 heterocycles. The van der Waals surface area contributed by atoms with E-state index >= 15 is 0 Å². The Hall–Kier alpha value is -2.75. The number of rotatable bonds is 5. The van der Waals surface area contributed by atoms with Gasteiger partial charge in [0.05, 0.1) is 19.6 Å². The minimum absolute atomic E-state index is 0.144. The Morgan fingerprint density at radius 2 is 1.62 bits per heavy atom. The molecule has 0 aliphatic carbocycles. The van der Waals surface area contributed by atoms with Crippen molar-refractivity contribution in [2.45, 2.75) is 20.8 Å². The molecule has 0 saturated carbocycles. The van der Waals surface area contributed by atoms with Gasteiger partial charge in [0.1, 0.15) is 0 Å². The van der Waals surface area contributed by atoms with Gasteiger partial charge in [0.2, 0.25) is 0 Å². The molecule has 1 aromatic carbocycles. The fourth-order valence-corrected chi connectivity index (χ4v) is 2.39. The third kappa shape index (κ3) is 3.59. The Labute approximate surface area is 143 Å². The van der Waals surface area contributed by atoms with Crippen LogP contribution in [0.3, 0.4) is 0 Å². The average Bonchev–Trinajstić information content (AvgIpc) is 2.63. The molecule has 0 bridgehead atoms. The topological polar surface area (TPSA) is 40.5 Å². The highest BCUT2D eigenvalue weighted by molar-refractivity contribution is 5.88. The van der Waals surface area contributed by atoms with E-state index in [1.165, 1.54) is 0 Å². The predicted octanol–water partition coefficient (Wildman–Crippen LogP) is 4.57. The van der Waals surface area contributed by atoms with E-state index in [4.69, 9.17) is 9.47 Å². The van der Waals surface area contributed by atoms with Crippen LogP contribution in [0.2, 0.25) is 0 Å². The van der Waals surface area contributed by atoms with Crippen LogP contribution in [-0.2, 0) is 0 Å². The lowest BCUT2D eigenvalue weighted by Gasteiger charge is -2.13. The van der Waals surface area contributed by atoms with Crippen molar-refractivity contribution >= 4 is 16.5 Å². The van der Waals surface area contributed by atoms with Crippen LogP contribution in [0, 0.1) is 6.92 Å². The zero-order chi connectivity index (χ0) is 18.3. The molecule has 0 N–H and O–H groups in total. The number of nitrogens with zero attached hydrogens (tertiary/aromatic N) is 1. The summed E-state index contributed by atoms with van der Waals surface area (Å²) in [6.07, 6.45) is 6.76. The van der Waals surface area contributed by atoms with Gasteiger partial charge >= 0.3 is 0 Å². The number of aryl methyl sites for hydroxylation is 1. The standard InChI is InChI=1S/C18H19NO3.C2H6/c1-6-8-13(7-2)19-11-12(3)14-9-16(21-4)17(22-5)10-15(14)18(19)20;1-2/h6-11H,1-2H2,3-5H3;1-2H3/b13-8+;. The van der Waals surface area contributed by atoms with Crippen molar-refractivity contribution in [2.24, 2.45) is 0 Å². The second-order valence-corrected chi connectivity index (χ2v) is 4.77. The molecule has 24 heavy (non-hydrogen) atoms. The van der Waals surface area contributed by atoms with Crippen molar-refractivity contribution in [3.8, 4) is 11.5 Å². The van der Waals surface area contributed by atoms with Gasteiger partial charge < -0.3 is 9.47 Å². The first-order valence-electron chi connectivity index (χ1n) is 7.80. The molecule has 2 rings (SSSR count). The van der Waals surface area contributed by atoms with Gasteiger partial charge in [0.25, 0.3) is 5.56 Å². The highest BCUT2D eigenvalue weighted by Gasteiger charge is 2.13. The van der Waals surface area contributed by atoms with Gasteiger partial charge in [-0.2, -0.15) is 0 Å². The summed E-state index contributed by atoms with van der Waals surface area (Å²) in [6.45, 7) is 13.4. The lowest BCUT2D eigenvalue weighted by molar-refractivity contribution is 0.356.